The van der Waals surface area contributed by atoms with Gasteiger partial charge in [-0.3, -0.25) is 20.2 Å². The number of furan rings is 1. The third-order valence-electron chi connectivity index (χ3n) is 4.50. The van der Waals surface area contributed by atoms with Crippen molar-refractivity contribution in [2.45, 2.75) is 0 Å². The molecule has 0 bridgehead atoms. The molecule has 2 aromatic carbocycles. The Morgan fingerprint density at radius 2 is 2.00 bits per heavy atom. The fourth-order valence-electron chi connectivity index (χ4n) is 2.92. The quantitative estimate of drug-likeness (QED) is 0.153. The summed E-state index contributed by atoms with van der Waals surface area (Å²) in [6.45, 7) is 0. The minimum absolute atomic E-state index is 0.142. The van der Waals surface area contributed by atoms with E-state index in [1.165, 1.54) is 35.6 Å². The maximum Gasteiger partial charge on any atom is 0.270 e. The number of thiazole rings is 1. The van der Waals surface area contributed by atoms with Crippen LogP contribution in [0.25, 0.3) is 28.7 Å². The summed E-state index contributed by atoms with van der Waals surface area (Å²) < 4.78 is 5.67. The number of hydrogen-bond donors (Lipinski definition) is 1. The molecule has 2 aromatic heterocycles. The molecule has 0 spiro atoms. The first-order chi connectivity index (χ1) is 15.9. The van der Waals surface area contributed by atoms with E-state index in [9.17, 15) is 20.2 Å². The molecule has 162 valence electrons. The van der Waals surface area contributed by atoms with Crippen molar-refractivity contribution in [2.75, 3.05) is 5.32 Å². The van der Waals surface area contributed by atoms with Crippen LogP contribution in [0.1, 0.15) is 5.76 Å². The normalized spacial score (nSPS) is 11.1. The summed E-state index contributed by atoms with van der Waals surface area (Å²) in [7, 11) is 0. The molecule has 0 aliphatic carbocycles. The topological polar surface area (TPSA) is 122 Å². The molecule has 8 nitrogen and oxygen atoms in total. The number of hydrogen-bond acceptors (Lipinski definition) is 7. The zero-order valence-corrected chi connectivity index (χ0v) is 18.3. The number of anilines is 1. The molecule has 10 heteroatoms. The number of amides is 1. The van der Waals surface area contributed by atoms with Gasteiger partial charge in [-0.25, -0.2) is 4.98 Å². The van der Waals surface area contributed by atoms with Crippen LogP contribution in [0.15, 0.2) is 76.0 Å². The third-order valence-corrected chi connectivity index (χ3v) is 5.57. The van der Waals surface area contributed by atoms with E-state index in [0.717, 1.165) is 5.56 Å². The van der Waals surface area contributed by atoms with Gasteiger partial charge in [0.25, 0.3) is 11.6 Å². The van der Waals surface area contributed by atoms with Gasteiger partial charge in [-0.2, -0.15) is 5.26 Å². The SMILES string of the molecule is N#CC(=Cc1ccc(-c2ccc([N+](=O)[O-])cc2Cl)o1)C(=O)Nc1nc(-c2ccccc2)cs1. The highest BCUT2D eigenvalue weighted by Gasteiger charge is 2.16. The Kier molecular flexibility index (Phi) is 6.31. The van der Waals surface area contributed by atoms with Gasteiger partial charge in [-0.1, -0.05) is 41.9 Å². The number of nitriles is 1. The van der Waals surface area contributed by atoms with E-state index in [1.54, 1.807) is 12.1 Å². The molecule has 0 saturated heterocycles. The Bertz CT molecular complexity index is 1420. The molecule has 4 aromatic rings. The molecule has 0 fully saturated rings. The summed E-state index contributed by atoms with van der Waals surface area (Å²) in [4.78, 5) is 27.3. The maximum atomic E-state index is 12.6. The van der Waals surface area contributed by atoms with Crippen molar-refractivity contribution in [1.82, 2.24) is 4.98 Å². The predicted octanol–water partition coefficient (Wildman–Crippen LogP) is 6.18. The summed E-state index contributed by atoms with van der Waals surface area (Å²) >= 11 is 7.38. The van der Waals surface area contributed by atoms with Gasteiger partial charge in [0.1, 0.15) is 23.2 Å². The highest BCUT2D eigenvalue weighted by atomic mass is 35.5. The maximum absolute atomic E-state index is 12.6. The van der Waals surface area contributed by atoms with Crippen molar-refractivity contribution in [3.63, 3.8) is 0 Å². The van der Waals surface area contributed by atoms with Crippen molar-refractivity contribution in [3.05, 3.63) is 92.5 Å². The number of non-ortho nitro benzene ring substituents is 1. The number of nitro groups is 1. The molecule has 0 radical (unpaired) electrons. The number of nitro benzene ring substituents is 1. The van der Waals surface area contributed by atoms with E-state index in [4.69, 9.17) is 16.0 Å². The molecule has 1 amide bonds. The molecule has 0 aliphatic rings. The lowest BCUT2D eigenvalue weighted by molar-refractivity contribution is -0.384. The molecule has 0 atom stereocenters. The van der Waals surface area contributed by atoms with Crippen molar-refractivity contribution >= 4 is 45.7 Å². The first kappa shape index (κ1) is 22.0. The number of carbonyl (C=O) groups excluding carboxylic acids is 1. The van der Waals surface area contributed by atoms with E-state index in [-0.39, 0.29) is 22.0 Å². The van der Waals surface area contributed by atoms with E-state index >= 15 is 0 Å². The fraction of sp³-hybridized carbons (Fsp3) is 0. The Morgan fingerprint density at radius 1 is 1.21 bits per heavy atom. The van der Waals surface area contributed by atoms with E-state index in [1.807, 2.05) is 41.8 Å². The number of rotatable bonds is 6. The van der Waals surface area contributed by atoms with Crippen LogP contribution in [0.4, 0.5) is 10.8 Å². The zero-order chi connectivity index (χ0) is 23.4. The molecule has 2 heterocycles. The number of benzene rings is 2. The average molecular weight is 477 g/mol. The smallest absolute Gasteiger partial charge is 0.270 e. The lowest BCUT2D eigenvalue weighted by Crippen LogP contribution is -2.13. The summed E-state index contributed by atoms with van der Waals surface area (Å²) in [6.07, 6.45) is 1.30. The standard InChI is InChI=1S/C23H13ClN4O4S/c24-19-11-16(28(30)31)6-8-18(19)21-9-7-17(32-21)10-15(12-25)22(29)27-23-26-20(13-33-23)14-4-2-1-3-5-14/h1-11,13H,(H,26,27,29). The number of aromatic nitrogens is 1. The molecule has 33 heavy (non-hydrogen) atoms. The second-order valence-corrected chi connectivity index (χ2v) is 7.92. The molecule has 4 rings (SSSR count). The number of halogens is 1. The Morgan fingerprint density at radius 3 is 2.70 bits per heavy atom. The Hall–Kier alpha value is -4.26. The highest BCUT2D eigenvalue weighted by Crippen LogP contribution is 2.33. The lowest BCUT2D eigenvalue weighted by atomic mass is 10.1. The van der Waals surface area contributed by atoms with Gasteiger partial charge in [-0.05, 0) is 18.2 Å². The minimum Gasteiger partial charge on any atom is -0.457 e. The molecular weight excluding hydrogens is 464 g/mol. The van der Waals surface area contributed by atoms with Crippen LogP contribution in [0.3, 0.4) is 0 Å². The minimum atomic E-state index is -0.627. The molecule has 0 aliphatic heterocycles. The van der Waals surface area contributed by atoms with Gasteiger partial charge in [0.2, 0.25) is 0 Å². The fourth-order valence-corrected chi connectivity index (χ4v) is 3.90. The first-order valence-corrected chi connectivity index (χ1v) is 10.7. The van der Waals surface area contributed by atoms with Crippen LogP contribution in [-0.4, -0.2) is 15.8 Å². The average Bonchev–Trinajstić information content (AvgIpc) is 3.47. The van der Waals surface area contributed by atoms with Crippen molar-refractivity contribution in [1.29, 1.82) is 5.26 Å². The van der Waals surface area contributed by atoms with Gasteiger partial charge in [0.15, 0.2) is 5.13 Å². The van der Waals surface area contributed by atoms with E-state index in [0.29, 0.717) is 22.1 Å². The number of nitrogens with one attached hydrogen (secondary N) is 1. The molecule has 0 unspecified atom stereocenters. The zero-order valence-electron chi connectivity index (χ0n) is 16.7. The summed E-state index contributed by atoms with van der Waals surface area (Å²) in [5, 5.41) is 25.3. The summed E-state index contributed by atoms with van der Waals surface area (Å²) in [5.74, 6) is -0.0423. The van der Waals surface area contributed by atoms with E-state index in [2.05, 4.69) is 10.3 Å². The van der Waals surface area contributed by atoms with Gasteiger partial charge in [-0.15, -0.1) is 11.3 Å². The van der Waals surface area contributed by atoms with Crippen LogP contribution >= 0.6 is 22.9 Å². The second kappa shape index (κ2) is 9.48. The van der Waals surface area contributed by atoms with Crippen LogP contribution in [0.5, 0.6) is 0 Å². The molecular formula is C23H13ClN4O4S. The van der Waals surface area contributed by atoms with Crippen molar-refractivity contribution < 1.29 is 14.1 Å². The van der Waals surface area contributed by atoms with Crippen LogP contribution in [0, 0.1) is 21.4 Å². The summed E-state index contributed by atoms with van der Waals surface area (Å²) in [5.41, 5.74) is 1.76. The monoisotopic (exact) mass is 476 g/mol. The highest BCUT2D eigenvalue weighted by molar-refractivity contribution is 7.14. The first-order valence-electron chi connectivity index (χ1n) is 9.43. The van der Waals surface area contributed by atoms with Gasteiger partial charge in [0, 0.05) is 34.7 Å². The lowest BCUT2D eigenvalue weighted by Gasteiger charge is -2.01. The van der Waals surface area contributed by atoms with Crippen LogP contribution in [0.2, 0.25) is 5.02 Å². The largest absolute Gasteiger partial charge is 0.457 e. The van der Waals surface area contributed by atoms with Gasteiger partial charge in [0.05, 0.1) is 15.6 Å². The second-order valence-electron chi connectivity index (χ2n) is 6.65. The van der Waals surface area contributed by atoms with E-state index < -0.39 is 10.8 Å². The van der Waals surface area contributed by atoms with Crippen LogP contribution < -0.4 is 5.32 Å². The number of nitrogens with zero attached hydrogens (tertiary/aromatic N) is 3. The third kappa shape index (κ3) is 4.98. The Labute approximate surface area is 196 Å². The van der Waals surface area contributed by atoms with Gasteiger partial charge < -0.3 is 4.42 Å². The molecule has 1 N–H and O–H groups in total. The van der Waals surface area contributed by atoms with Gasteiger partial charge >= 0.3 is 0 Å². The Balaban J connectivity index is 1.51. The van der Waals surface area contributed by atoms with Crippen LogP contribution in [-0.2, 0) is 4.79 Å². The predicted molar refractivity (Wildman–Crippen MR) is 126 cm³/mol. The molecule has 0 saturated carbocycles. The summed E-state index contributed by atoms with van der Waals surface area (Å²) in [6, 6.07) is 18.5. The number of carbonyl (C=O) groups is 1. The van der Waals surface area contributed by atoms with Crippen molar-refractivity contribution in [2.24, 2.45) is 0 Å². The van der Waals surface area contributed by atoms with Crippen molar-refractivity contribution in [3.8, 4) is 28.7 Å².